The quantitative estimate of drug-likeness (QED) is 0.627. The first kappa shape index (κ1) is 8.05. The molecule has 2 rings (SSSR count). The van der Waals surface area contributed by atoms with Crippen molar-refractivity contribution in [3.63, 3.8) is 0 Å². The molecular formula is C9H16N2O. The van der Waals surface area contributed by atoms with E-state index in [0.717, 1.165) is 25.8 Å². The maximum atomic E-state index is 11.2. The smallest absolute Gasteiger partial charge is 0.225 e. The van der Waals surface area contributed by atoms with Gasteiger partial charge < -0.3 is 11.1 Å². The average molecular weight is 168 g/mol. The molecule has 0 spiro atoms. The van der Waals surface area contributed by atoms with Crippen molar-refractivity contribution in [2.45, 2.75) is 38.1 Å². The van der Waals surface area contributed by atoms with Crippen LogP contribution in [0.1, 0.15) is 32.1 Å². The molecule has 0 aromatic rings. The first-order valence-corrected chi connectivity index (χ1v) is 4.79. The summed E-state index contributed by atoms with van der Waals surface area (Å²) in [6.45, 7) is 1.06. The third kappa shape index (κ3) is 1.12. The van der Waals surface area contributed by atoms with Gasteiger partial charge in [0.25, 0.3) is 0 Å². The van der Waals surface area contributed by atoms with Crippen LogP contribution in [0.3, 0.4) is 0 Å². The van der Waals surface area contributed by atoms with Crippen LogP contribution in [0.5, 0.6) is 0 Å². The van der Waals surface area contributed by atoms with Gasteiger partial charge in [-0.2, -0.15) is 0 Å². The summed E-state index contributed by atoms with van der Waals surface area (Å²) in [7, 11) is 0. The third-order valence-corrected chi connectivity index (χ3v) is 3.26. The number of piperidine rings is 1. The lowest BCUT2D eigenvalue weighted by Crippen LogP contribution is -2.46. The lowest BCUT2D eigenvalue weighted by atomic mass is 9.89. The Morgan fingerprint density at radius 2 is 2.17 bits per heavy atom. The van der Waals surface area contributed by atoms with E-state index in [1.807, 2.05) is 0 Å². The van der Waals surface area contributed by atoms with Crippen LogP contribution in [-0.2, 0) is 4.79 Å². The number of carbonyl (C=O) groups excluding carboxylic acids is 1. The molecule has 1 aliphatic heterocycles. The van der Waals surface area contributed by atoms with Crippen molar-refractivity contribution in [3.05, 3.63) is 0 Å². The maximum Gasteiger partial charge on any atom is 0.225 e. The van der Waals surface area contributed by atoms with Crippen LogP contribution < -0.4 is 11.1 Å². The summed E-state index contributed by atoms with van der Waals surface area (Å²) in [6, 6.07) is 0.378. The summed E-state index contributed by atoms with van der Waals surface area (Å²) in [6.07, 6.45) is 5.61. The molecule has 2 fully saturated rings. The highest BCUT2D eigenvalue weighted by atomic mass is 16.1. The maximum absolute atomic E-state index is 11.2. The molecule has 1 amide bonds. The van der Waals surface area contributed by atoms with Gasteiger partial charge in [-0.3, -0.25) is 4.79 Å². The molecule has 3 heteroatoms. The Hall–Kier alpha value is -0.570. The number of hydrogen-bond donors (Lipinski definition) is 2. The molecule has 1 atom stereocenters. The molecule has 0 aromatic carbocycles. The van der Waals surface area contributed by atoms with Crippen LogP contribution in [-0.4, -0.2) is 18.5 Å². The first-order chi connectivity index (χ1) is 5.76. The van der Waals surface area contributed by atoms with Crippen LogP contribution in [0.2, 0.25) is 0 Å². The molecule has 1 saturated carbocycles. The van der Waals surface area contributed by atoms with Gasteiger partial charge in [-0.1, -0.05) is 6.42 Å². The Labute approximate surface area is 72.7 Å². The fraction of sp³-hybridized carbons (Fsp3) is 0.889. The van der Waals surface area contributed by atoms with Gasteiger partial charge >= 0.3 is 0 Å². The zero-order valence-corrected chi connectivity index (χ0v) is 7.31. The lowest BCUT2D eigenvalue weighted by Gasteiger charge is -2.29. The summed E-state index contributed by atoms with van der Waals surface area (Å²) in [5.74, 6) is -0.0955. The molecule has 1 aliphatic carbocycles. The molecule has 0 aromatic heterocycles. The van der Waals surface area contributed by atoms with Gasteiger partial charge in [-0.15, -0.1) is 0 Å². The zero-order chi connectivity index (χ0) is 8.60. The first-order valence-electron chi connectivity index (χ1n) is 4.79. The van der Waals surface area contributed by atoms with E-state index in [1.54, 1.807) is 0 Å². The molecule has 0 radical (unpaired) electrons. The minimum atomic E-state index is -0.152. The molecule has 0 bridgehead atoms. The van der Waals surface area contributed by atoms with Crippen LogP contribution in [0, 0.1) is 5.41 Å². The van der Waals surface area contributed by atoms with E-state index in [1.165, 1.54) is 12.8 Å². The van der Waals surface area contributed by atoms with E-state index >= 15 is 0 Å². The zero-order valence-electron chi connectivity index (χ0n) is 7.31. The molecule has 12 heavy (non-hydrogen) atoms. The second-order valence-electron chi connectivity index (χ2n) is 4.02. The summed E-state index contributed by atoms with van der Waals surface area (Å²) >= 11 is 0. The number of rotatable bonds is 2. The summed E-state index contributed by atoms with van der Waals surface area (Å²) < 4.78 is 0. The largest absolute Gasteiger partial charge is 0.369 e. The Kier molecular flexibility index (Phi) is 1.83. The van der Waals surface area contributed by atoms with E-state index < -0.39 is 0 Å². The number of carbonyl (C=O) groups is 1. The van der Waals surface area contributed by atoms with Gasteiger partial charge in [0.05, 0.1) is 5.41 Å². The number of primary amides is 1. The molecule has 2 aliphatic rings. The fourth-order valence-corrected chi connectivity index (χ4v) is 2.22. The Balaban J connectivity index is 2.02. The van der Waals surface area contributed by atoms with Crippen molar-refractivity contribution in [3.8, 4) is 0 Å². The summed E-state index contributed by atoms with van der Waals surface area (Å²) in [5.41, 5.74) is 5.23. The lowest BCUT2D eigenvalue weighted by molar-refractivity contribution is -0.124. The Morgan fingerprint density at radius 1 is 1.42 bits per heavy atom. The topological polar surface area (TPSA) is 55.1 Å². The molecule has 1 unspecified atom stereocenters. The molecular weight excluding hydrogens is 152 g/mol. The monoisotopic (exact) mass is 168 g/mol. The molecule has 1 heterocycles. The highest BCUT2D eigenvalue weighted by Crippen LogP contribution is 2.50. The van der Waals surface area contributed by atoms with Crippen LogP contribution in [0.4, 0.5) is 0 Å². The Morgan fingerprint density at radius 3 is 2.58 bits per heavy atom. The second kappa shape index (κ2) is 2.73. The summed E-state index contributed by atoms with van der Waals surface area (Å²) in [4.78, 5) is 11.2. The molecule has 68 valence electrons. The van der Waals surface area contributed by atoms with Gasteiger partial charge in [0.1, 0.15) is 0 Å². The number of nitrogens with two attached hydrogens (primary N) is 1. The van der Waals surface area contributed by atoms with Gasteiger partial charge in [0, 0.05) is 6.04 Å². The van der Waals surface area contributed by atoms with Crippen LogP contribution >= 0.6 is 0 Å². The minimum Gasteiger partial charge on any atom is -0.369 e. The van der Waals surface area contributed by atoms with Gasteiger partial charge in [0.15, 0.2) is 0 Å². The normalized spacial score (nSPS) is 32.8. The van der Waals surface area contributed by atoms with Crippen molar-refractivity contribution < 1.29 is 4.79 Å². The van der Waals surface area contributed by atoms with Crippen LogP contribution in [0.25, 0.3) is 0 Å². The van der Waals surface area contributed by atoms with Gasteiger partial charge in [0.2, 0.25) is 5.91 Å². The predicted octanol–water partition coefficient (Wildman–Crippen LogP) is 0.394. The fourth-order valence-electron chi connectivity index (χ4n) is 2.22. The average Bonchev–Trinajstić information content (AvgIpc) is 2.86. The van der Waals surface area contributed by atoms with E-state index in [0.29, 0.717) is 6.04 Å². The molecule has 3 nitrogen and oxygen atoms in total. The summed E-state index contributed by atoms with van der Waals surface area (Å²) in [5, 5.41) is 3.40. The van der Waals surface area contributed by atoms with E-state index in [2.05, 4.69) is 5.32 Å². The van der Waals surface area contributed by atoms with E-state index in [4.69, 9.17) is 5.73 Å². The second-order valence-corrected chi connectivity index (χ2v) is 4.02. The standard InChI is InChI=1S/C9H16N2O/c10-8(12)9(4-5-9)7-3-1-2-6-11-7/h7,11H,1-6H2,(H2,10,12). The van der Waals surface area contributed by atoms with Crippen molar-refractivity contribution in [2.24, 2.45) is 11.1 Å². The predicted molar refractivity (Wildman–Crippen MR) is 46.5 cm³/mol. The van der Waals surface area contributed by atoms with Crippen LogP contribution in [0.15, 0.2) is 0 Å². The Bertz CT molecular complexity index is 193. The number of hydrogen-bond acceptors (Lipinski definition) is 2. The van der Waals surface area contributed by atoms with E-state index in [9.17, 15) is 4.79 Å². The van der Waals surface area contributed by atoms with Crippen molar-refractivity contribution >= 4 is 5.91 Å². The highest BCUT2D eigenvalue weighted by Gasteiger charge is 2.54. The van der Waals surface area contributed by atoms with Gasteiger partial charge in [-0.05, 0) is 32.2 Å². The SMILES string of the molecule is NC(=O)C1(C2CCCCN2)CC1. The van der Waals surface area contributed by atoms with Crippen molar-refractivity contribution in [1.29, 1.82) is 0 Å². The third-order valence-electron chi connectivity index (χ3n) is 3.26. The van der Waals surface area contributed by atoms with Gasteiger partial charge in [-0.25, -0.2) is 0 Å². The minimum absolute atomic E-state index is 0.0955. The van der Waals surface area contributed by atoms with Crippen molar-refractivity contribution in [1.82, 2.24) is 5.32 Å². The number of amides is 1. The highest BCUT2D eigenvalue weighted by molar-refractivity contribution is 5.84. The van der Waals surface area contributed by atoms with Crippen molar-refractivity contribution in [2.75, 3.05) is 6.54 Å². The molecule has 3 N–H and O–H groups in total. The molecule has 1 saturated heterocycles. The van der Waals surface area contributed by atoms with E-state index in [-0.39, 0.29) is 11.3 Å². The number of nitrogens with one attached hydrogen (secondary N) is 1.